The van der Waals surface area contributed by atoms with E-state index in [-0.39, 0.29) is 29.7 Å². The minimum Gasteiger partial charge on any atom is -0.390 e. The molecule has 0 fully saturated rings. The SMILES string of the molecule is CCc1cccc(CNC[C@@H](O)[C@H](Cc2cc(F)cc(F)c2)NC(=O)c2cc(C)cc(C(=O)NCC(F)(F)C(F)(F)C(F)(F)F)c2)c1. The maximum absolute atomic E-state index is 13.9. The zero-order valence-electron chi connectivity index (χ0n) is 25.1. The lowest BCUT2D eigenvalue weighted by Crippen LogP contribution is -2.56. The van der Waals surface area contributed by atoms with E-state index >= 15 is 0 Å². The summed E-state index contributed by atoms with van der Waals surface area (Å²) >= 11 is 0. The van der Waals surface area contributed by atoms with Crippen LogP contribution in [-0.4, -0.2) is 60.2 Å². The molecule has 15 heteroatoms. The molecule has 2 atom stereocenters. The maximum Gasteiger partial charge on any atom is 0.459 e. The van der Waals surface area contributed by atoms with Gasteiger partial charge in [-0.15, -0.1) is 0 Å². The third-order valence-corrected chi connectivity index (χ3v) is 7.13. The smallest absolute Gasteiger partial charge is 0.390 e. The van der Waals surface area contributed by atoms with Crippen LogP contribution in [-0.2, 0) is 19.4 Å². The van der Waals surface area contributed by atoms with Gasteiger partial charge in [0.25, 0.3) is 11.8 Å². The van der Waals surface area contributed by atoms with E-state index in [0.717, 1.165) is 41.8 Å². The second kappa shape index (κ2) is 15.2. The van der Waals surface area contributed by atoms with Crippen LogP contribution in [0.1, 0.15) is 49.9 Å². The predicted molar refractivity (Wildman–Crippen MR) is 154 cm³/mol. The first-order valence-electron chi connectivity index (χ1n) is 14.3. The van der Waals surface area contributed by atoms with Gasteiger partial charge in [0.15, 0.2) is 0 Å². The number of aryl methyl sites for hydroxylation is 2. The van der Waals surface area contributed by atoms with Gasteiger partial charge in [-0.1, -0.05) is 31.2 Å². The lowest BCUT2D eigenvalue weighted by Gasteiger charge is -2.28. The molecule has 3 aromatic rings. The fourth-order valence-electron chi connectivity index (χ4n) is 4.64. The van der Waals surface area contributed by atoms with Crippen LogP contribution in [0.5, 0.6) is 0 Å². The van der Waals surface area contributed by atoms with Gasteiger partial charge in [0.1, 0.15) is 11.6 Å². The topological polar surface area (TPSA) is 90.5 Å². The lowest BCUT2D eigenvalue weighted by molar-refractivity contribution is -0.352. The molecule has 0 saturated carbocycles. The van der Waals surface area contributed by atoms with Crippen LogP contribution in [0.2, 0.25) is 0 Å². The first-order chi connectivity index (χ1) is 21.8. The molecule has 4 N–H and O–H groups in total. The Bertz CT molecular complexity index is 1540. The van der Waals surface area contributed by atoms with Gasteiger partial charge in [0.05, 0.1) is 18.7 Å². The molecule has 6 nitrogen and oxygen atoms in total. The van der Waals surface area contributed by atoms with Crippen molar-refractivity contribution in [1.29, 1.82) is 0 Å². The summed E-state index contributed by atoms with van der Waals surface area (Å²) in [6, 6.07) is 12.3. The number of amides is 2. The number of benzene rings is 3. The standard InChI is InChI=1S/C32H32F9N3O3/c1-3-19-5-4-6-20(9-19)15-42-16-27(45)26(12-21-10-24(33)14-25(34)11-21)44-29(47)23-8-18(2)7-22(13-23)28(46)43-17-30(35,36)31(37,38)32(39,40)41/h4-11,13-14,26-27,42,45H,3,12,15-17H2,1-2H3,(H,43,46)(H,44,47)/t26-,27+/m0/s1. The van der Waals surface area contributed by atoms with Crippen molar-refractivity contribution in [1.82, 2.24) is 16.0 Å². The van der Waals surface area contributed by atoms with Gasteiger partial charge in [0.2, 0.25) is 0 Å². The predicted octanol–water partition coefficient (Wildman–Crippen LogP) is 5.89. The number of carbonyl (C=O) groups is 2. The molecule has 0 aliphatic rings. The van der Waals surface area contributed by atoms with Crippen LogP contribution >= 0.6 is 0 Å². The summed E-state index contributed by atoms with van der Waals surface area (Å²) in [4.78, 5) is 25.8. The highest BCUT2D eigenvalue weighted by Crippen LogP contribution is 2.46. The van der Waals surface area contributed by atoms with Crippen molar-refractivity contribution in [2.45, 2.75) is 63.4 Å². The molecular formula is C32H32F9N3O3. The third-order valence-electron chi connectivity index (χ3n) is 7.13. The van der Waals surface area contributed by atoms with E-state index in [2.05, 4.69) is 10.6 Å². The molecule has 0 spiro atoms. The zero-order valence-corrected chi connectivity index (χ0v) is 25.1. The summed E-state index contributed by atoms with van der Waals surface area (Å²) < 4.78 is 119. The first kappa shape index (κ1) is 37.3. The van der Waals surface area contributed by atoms with Gasteiger partial charge < -0.3 is 21.1 Å². The second-order valence-electron chi connectivity index (χ2n) is 11.0. The highest BCUT2D eigenvalue weighted by atomic mass is 19.4. The van der Waals surface area contributed by atoms with E-state index in [4.69, 9.17) is 0 Å². The van der Waals surface area contributed by atoms with E-state index in [9.17, 15) is 54.2 Å². The summed E-state index contributed by atoms with van der Waals surface area (Å²) in [6.45, 7) is 1.27. The van der Waals surface area contributed by atoms with E-state index in [1.165, 1.54) is 18.3 Å². The molecule has 0 heterocycles. The third kappa shape index (κ3) is 9.94. The molecule has 0 aromatic heterocycles. The number of alkyl halides is 7. The fraction of sp³-hybridized carbons (Fsp3) is 0.375. The summed E-state index contributed by atoms with van der Waals surface area (Å²) in [5.41, 5.74) is 1.51. The number of aliphatic hydroxyl groups is 1. The monoisotopic (exact) mass is 677 g/mol. The number of hydrogen-bond acceptors (Lipinski definition) is 4. The Kier molecular flexibility index (Phi) is 12.1. The zero-order chi connectivity index (χ0) is 35.2. The van der Waals surface area contributed by atoms with E-state index < -0.39 is 65.7 Å². The van der Waals surface area contributed by atoms with Gasteiger partial charge in [-0.3, -0.25) is 9.59 Å². The summed E-state index contributed by atoms with van der Waals surface area (Å²) in [5.74, 6) is -16.3. The van der Waals surface area contributed by atoms with Crippen LogP contribution in [0.25, 0.3) is 0 Å². The van der Waals surface area contributed by atoms with Crippen molar-refractivity contribution in [3.8, 4) is 0 Å². The molecule has 0 bridgehead atoms. The highest BCUT2D eigenvalue weighted by Gasteiger charge is 2.72. The van der Waals surface area contributed by atoms with E-state index in [0.29, 0.717) is 12.6 Å². The van der Waals surface area contributed by atoms with Gasteiger partial charge in [-0.2, -0.15) is 30.7 Å². The molecule has 256 valence electrons. The molecule has 2 amide bonds. The molecule has 0 radical (unpaired) electrons. The Hall–Kier alpha value is -4.11. The van der Waals surface area contributed by atoms with Crippen LogP contribution in [0.3, 0.4) is 0 Å². The van der Waals surface area contributed by atoms with Crippen molar-refractivity contribution in [2.24, 2.45) is 0 Å². The Balaban J connectivity index is 1.78. The minimum atomic E-state index is -6.58. The Morgan fingerprint density at radius 3 is 2.00 bits per heavy atom. The van der Waals surface area contributed by atoms with Crippen molar-refractivity contribution < 1.29 is 54.2 Å². The first-order valence-corrected chi connectivity index (χ1v) is 14.3. The van der Waals surface area contributed by atoms with Crippen LogP contribution in [0.15, 0.2) is 60.7 Å². The van der Waals surface area contributed by atoms with Crippen LogP contribution in [0.4, 0.5) is 39.5 Å². The summed E-state index contributed by atoms with van der Waals surface area (Å²) in [6.07, 6.45) is -7.36. The van der Waals surface area contributed by atoms with Gasteiger partial charge >= 0.3 is 18.0 Å². The molecule has 0 aliphatic carbocycles. The lowest BCUT2D eigenvalue weighted by atomic mass is 9.99. The average molecular weight is 678 g/mol. The highest BCUT2D eigenvalue weighted by molar-refractivity contribution is 6.00. The molecule has 0 saturated heterocycles. The molecule has 0 unspecified atom stereocenters. The van der Waals surface area contributed by atoms with Crippen molar-refractivity contribution in [2.75, 3.05) is 13.1 Å². The normalized spacial score (nSPS) is 13.6. The number of aliphatic hydroxyl groups excluding tert-OH is 1. The van der Waals surface area contributed by atoms with E-state index in [1.54, 1.807) is 0 Å². The quantitative estimate of drug-likeness (QED) is 0.160. The van der Waals surface area contributed by atoms with Gasteiger partial charge in [-0.05, 0) is 72.4 Å². The number of hydrogen-bond donors (Lipinski definition) is 4. The Labute approximate surface area is 264 Å². The van der Waals surface area contributed by atoms with Gasteiger partial charge in [0, 0.05) is 30.3 Å². The number of nitrogens with one attached hydrogen (secondary N) is 3. The maximum atomic E-state index is 13.9. The average Bonchev–Trinajstić information content (AvgIpc) is 2.98. The largest absolute Gasteiger partial charge is 0.459 e. The molecule has 3 rings (SSSR count). The summed E-state index contributed by atoms with van der Waals surface area (Å²) in [7, 11) is 0. The minimum absolute atomic E-state index is 0.0860. The molecule has 3 aromatic carbocycles. The number of rotatable bonds is 14. The van der Waals surface area contributed by atoms with Crippen molar-refractivity contribution in [3.63, 3.8) is 0 Å². The Morgan fingerprint density at radius 1 is 0.809 bits per heavy atom. The number of halogens is 9. The van der Waals surface area contributed by atoms with Crippen molar-refractivity contribution >= 4 is 11.8 Å². The number of carbonyl (C=O) groups excluding carboxylic acids is 2. The Morgan fingerprint density at radius 2 is 1.40 bits per heavy atom. The molecule has 0 aliphatic heterocycles. The molecular weight excluding hydrogens is 645 g/mol. The second-order valence-corrected chi connectivity index (χ2v) is 11.0. The van der Waals surface area contributed by atoms with Crippen molar-refractivity contribution in [3.05, 3.63) is 106 Å². The van der Waals surface area contributed by atoms with Gasteiger partial charge in [-0.25, -0.2) is 8.78 Å². The summed E-state index contributed by atoms with van der Waals surface area (Å²) in [5, 5.41) is 17.9. The fourth-order valence-corrected chi connectivity index (χ4v) is 4.64. The van der Waals surface area contributed by atoms with E-state index in [1.807, 2.05) is 31.2 Å². The van der Waals surface area contributed by atoms with Crippen LogP contribution < -0.4 is 16.0 Å². The molecule has 47 heavy (non-hydrogen) atoms. The van der Waals surface area contributed by atoms with Crippen LogP contribution in [0, 0.1) is 18.6 Å².